The minimum atomic E-state index is -1.66. The molecule has 0 saturated carbocycles. The van der Waals surface area contributed by atoms with Crippen LogP contribution >= 0.6 is 47.6 Å². The zero-order chi connectivity index (χ0) is 10.2. The van der Waals surface area contributed by atoms with Crippen molar-refractivity contribution >= 4 is 53.3 Å². The summed E-state index contributed by atoms with van der Waals surface area (Å²) < 4.78 is -0.558. The Morgan fingerprint density at radius 3 is 2.38 bits per heavy atom. The number of hydrazine groups is 2. The molecule has 0 spiro atoms. The van der Waals surface area contributed by atoms with Gasteiger partial charge in [-0.2, -0.15) is 4.41 Å². The Balaban J connectivity index is 2.98. The number of halogens is 3. The summed E-state index contributed by atoms with van der Waals surface area (Å²) in [5.74, 6) is 5.56. The number of nitrogens with two attached hydrogens (primary N) is 2. The molecule has 1 aliphatic heterocycles. The number of alkyl halides is 3. The molecule has 0 aromatic heterocycles. The third-order valence-electron chi connectivity index (χ3n) is 1.21. The van der Waals surface area contributed by atoms with Crippen LogP contribution < -0.4 is 11.6 Å². The van der Waals surface area contributed by atoms with Gasteiger partial charge in [-0.1, -0.05) is 34.8 Å². The van der Waals surface area contributed by atoms with E-state index in [1.165, 1.54) is 6.08 Å². The fourth-order valence-corrected chi connectivity index (χ4v) is 1.01. The van der Waals surface area contributed by atoms with E-state index in [2.05, 4.69) is 17.9 Å². The van der Waals surface area contributed by atoms with Gasteiger partial charge in [0.15, 0.2) is 0 Å². The Kier molecular flexibility index (Phi) is 3.09. The second kappa shape index (κ2) is 3.62. The van der Waals surface area contributed by atoms with E-state index in [0.717, 1.165) is 9.64 Å². The minimum Gasteiger partial charge on any atom is -0.383 e. The summed E-state index contributed by atoms with van der Waals surface area (Å²) in [5.41, 5.74) is 5.62. The first kappa shape index (κ1) is 11.1. The van der Waals surface area contributed by atoms with Gasteiger partial charge in [0, 0.05) is 6.08 Å². The topological polar surface area (TPSA) is 70.9 Å². The lowest BCUT2D eigenvalue weighted by atomic mass is 10.4. The normalized spacial score (nSPS) is 18.5. The van der Waals surface area contributed by atoms with Gasteiger partial charge in [-0.3, -0.25) is 0 Å². The number of nitrogens with zero attached hydrogens (tertiary/aromatic N) is 3. The average molecular weight is 263 g/mol. The summed E-state index contributed by atoms with van der Waals surface area (Å²) in [6.45, 7) is 0. The molecule has 0 bridgehead atoms. The van der Waals surface area contributed by atoms with E-state index < -0.39 is 3.79 Å². The second-order valence-corrected chi connectivity index (χ2v) is 4.82. The lowest BCUT2D eigenvalue weighted by molar-refractivity contribution is 0.107. The monoisotopic (exact) mass is 261 g/mol. The van der Waals surface area contributed by atoms with Crippen LogP contribution in [0.2, 0.25) is 0 Å². The highest BCUT2D eigenvalue weighted by Gasteiger charge is 2.31. The molecule has 4 N–H and O–H groups in total. The van der Waals surface area contributed by atoms with Crippen molar-refractivity contribution in [3.8, 4) is 0 Å². The van der Waals surface area contributed by atoms with Gasteiger partial charge in [-0.05, 0) is 12.8 Å². The average Bonchev–Trinajstić information content (AvgIpc) is 1.97. The molecule has 0 aromatic rings. The third-order valence-corrected chi connectivity index (χ3v) is 2.21. The summed E-state index contributed by atoms with van der Waals surface area (Å²) in [5, 5.41) is 4.57. The lowest BCUT2D eigenvalue weighted by Gasteiger charge is -2.29. The van der Waals surface area contributed by atoms with E-state index >= 15 is 0 Å². The molecule has 0 atom stereocenters. The fraction of sp³-hybridized carbons (Fsp3) is 0.250. The van der Waals surface area contributed by atoms with Crippen LogP contribution in [0.15, 0.2) is 17.0 Å². The van der Waals surface area contributed by atoms with E-state index in [0.29, 0.717) is 0 Å². The summed E-state index contributed by atoms with van der Waals surface area (Å²) in [6.07, 6.45) is 1.36. The summed E-state index contributed by atoms with van der Waals surface area (Å²) in [4.78, 5) is 0. The molecule has 0 amide bonds. The highest BCUT2D eigenvalue weighted by Crippen LogP contribution is 2.30. The molecule has 13 heavy (non-hydrogen) atoms. The standard InChI is InChI=1S/C4H6Cl3N5S/c5-4(6,7)2-1-3(8)11(13)12(9)10-2/h1,13H,8-9H2. The molecule has 0 aliphatic carbocycles. The largest absolute Gasteiger partial charge is 0.383 e. The fourth-order valence-electron chi connectivity index (χ4n) is 0.636. The van der Waals surface area contributed by atoms with Crippen molar-refractivity contribution in [1.82, 2.24) is 9.64 Å². The molecule has 0 aromatic carbocycles. The molecule has 1 heterocycles. The van der Waals surface area contributed by atoms with Crippen LogP contribution in [0.3, 0.4) is 0 Å². The Hall–Kier alpha value is -0.0100. The second-order valence-electron chi connectivity index (χ2n) is 2.16. The lowest BCUT2D eigenvalue weighted by Crippen LogP contribution is -2.44. The summed E-state index contributed by atoms with van der Waals surface area (Å²) in [6, 6.07) is 0. The van der Waals surface area contributed by atoms with E-state index in [4.69, 9.17) is 46.4 Å². The van der Waals surface area contributed by atoms with Crippen LogP contribution in [0, 0.1) is 0 Å². The first-order valence-electron chi connectivity index (χ1n) is 2.99. The van der Waals surface area contributed by atoms with Crippen molar-refractivity contribution in [3.63, 3.8) is 0 Å². The van der Waals surface area contributed by atoms with Crippen LogP contribution in [0.25, 0.3) is 0 Å². The number of hydrogen-bond donors (Lipinski definition) is 3. The Labute approximate surface area is 95.3 Å². The highest BCUT2D eigenvalue weighted by molar-refractivity contribution is 7.77. The van der Waals surface area contributed by atoms with Gasteiger partial charge in [0.05, 0.1) is 0 Å². The van der Waals surface area contributed by atoms with Crippen molar-refractivity contribution < 1.29 is 0 Å². The first-order valence-corrected chi connectivity index (χ1v) is 4.52. The maximum Gasteiger partial charge on any atom is 0.234 e. The number of hydrogen-bond acceptors (Lipinski definition) is 6. The zero-order valence-corrected chi connectivity index (χ0v) is 9.32. The molecule has 1 rings (SSSR count). The van der Waals surface area contributed by atoms with Gasteiger partial charge in [-0.15, -0.1) is 10.3 Å². The van der Waals surface area contributed by atoms with Crippen molar-refractivity contribution in [3.05, 3.63) is 11.9 Å². The van der Waals surface area contributed by atoms with Crippen molar-refractivity contribution in [2.75, 3.05) is 0 Å². The molecule has 0 saturated heterocycles. The van der Waals surface area contributed by atoms with Crippen molar-refractivity contribution in [2.45, 2.75) is 3.79 Å². The number of rotatable bonds is 0. The first-order chi connectivity index (χ1) is 5.82. The summed E-state index contributed by atoms with van der Waals surface area (Å²) in [7, 11) is 0. The van der Waals surface area contributed by atoms with Crippen molar-refractivity contribution in [1.29, 1.82) is 0 Å². The van der Waals surface area contributed by atoms with E-state index in [1.807, 2.05) is 0 Å². The number of allylic oxidation sites excluding steroid dienone is 1. The van der Waals surface area contributed by atoms with Crippen LogP contribution in [0.4, 0.5) is 0 Å². The molecule has 0 fully saturated rings. The van der Waals surface area contributed by atoms with Gasteiger partial charge < -0.3 is 5.73 Å². The molecule has 74 valence electrons. The van der Waals surface area contributed by atoms with Crippen LogP contribution in [0.5, 0.6) is 0 Å². The van der Waals surface area contributed by atoms with E-state index in [1.54, 1.807) is 0 Å². The number of thiol groups is 1. The Bertz CT molecular complexity index is 271. The molecular weight excluding hydrogens is 257 g/mol. The third kappa shape index (κ3) is 2.47. The van der Waals surface area contributed by atoms with Gasteiger partial charge in [0.2, 0.25) is 3.79 Å². The van der Waals surface area contributed by atoms with Crippen LogP contribution in [-0.2, 0) is 0 Å². The van der Waals surface area contributed by atoms with Crippen LogP contribution in [0.1, 0.15) is 0 Å². The van der Waals surface area contributed by atoms with Gasteiger partial charge in [-0.25, -0.2) is 5.84 Å². The Morgan fingerprint density at radius 1 is 1.46 bits per heavy atom. The van der Waals surface area contributed by atoms with Gasteiger partial charge in [0.1, 0.15) is 11.5 Å². The molecule has 5 nitrogen and oxygen atoms in total. The predicted octanol–water partition coefficient (Wildman–Crippen LogP) is 0.764. The summed E-state index contributed by atoms with van der Waals surface area (Å²) >= 11 is 20.6. The quantitative estimate of drug-likeness (QED) is 0.342. The zero-order valence-electron chi connectivity index (χ0n) is 6.15. The minimum absolute atomic E-state index is 0.128. The maximum absolute atomic E-state index is 5.56. The molecule has 1 aliphatic rings. The predicted molar refractivity (Wildman–Crippen MR) is 56.8 cm³/mol. The molecule has 0 unspecified atom stereocenters. The van der Waals surface area contributed by atoms with E-state index in [9.17, 15) is 0 Å². The van der Waals surface area contributed by atoms with E-state index in [-0.39, 0.29) is 11.5 Å². The molecular formula is C4H6Cl3N5S. The number of hydrazone groups is 1. The van der Waals surface area contributed by atoms with Crippen LogP contribution in [-0.4, -0.2) is 19.1 Å². The highest BCUT2D eigenvalue weighted by atomic mass is 35.6. The van der Waals surface area contributed by atoms with Gasteiger partial charge >= 0.3 is 0 Å². The maximum atomic E-state index is 5.56. The van der Waals surface area contributed by atoms with Crippen molar-refractivity contribution in [2.24, 2.45) is 16.7 Å². The smallest absolute Gasteiger partial charge is 0.234 e. The molecule has 0 radical (unpaired) electrons. The van der Waals surface area contributed by atoms with Gasteiger partial charge in [0.25, 0.3) is 0 Å². The SMILES string of the molecule is NC1=CC(C(Cl)(Cl)Cl)=NN(N)N1S. The Morgan fingerprint density at radius 2 is 2.00 bits per heavy atom. The molecule has 9 heteroatoms.